The Balaban J connectivity index is 1.93. The topological polar surface area (TPSA) is 38.0 Å². The van der Waals surface area contributed by atoms with Crippen molar-refractivity contribution in [1.29, 1.82) is 0 Å². The summed E-state index contributed by atoms with van der Waals surface area (Å²) < 4.78 is 0. The van der Waals surface area contributed by atoms with Crippen LogP contribution < -0.4 is 11.1 Å². The molecule has 1 aliphatic carbocycles. The summed E-state index contributed by atoms with van der Waals surface area (Å²) in [6.45, 7) is 8.67. The van der Waals surface area contributed by atoms with Gasteiger partial charge < -0.3 is 11.1 Å². The van der Waals surface area contributed by atoms with Gasteiger partial charge in [-0.3, -0.25) is 0 Å². The maximum atomic E-state index is 6.23. The Morgan fingerprint density at radius 1 is 1.04 bits per heavy atom. The lowest BCUT2D eigenvalue weighted by atomic mass is 9.94. The van der Waals surface area contributed by atoms with Crippen LogP contribution in [0, 0.1) is 5.92 Å². The van der Waals surface area contributed by atoms with Crippen LogP contribution in [0.5, 0.6) is 0 Å². The average molecular weight is 306 g/mol. The van der Waals surface area contributed by atoms with E-state index in [1.165, 1.54) is 24.0 Å². The zero-order valence-corrected chi connectivity index (χ0v) is 14.0. The van der Waals surface area contributed by atoms with Gasteiger partial charge in [0.05, 0.1) is 6.04 Å². The molecule has 0 amide bonds. The SMILES string of the molecule is C=C(NC(c1ccc(C(C)C)cc1)c1ccccc1N)C1CC1. The fourth-order valence-electron chi connectivity index (χ4n) is 2.92. The highest BCUT2D eigenvalue weighted by molar-refractivity contribution is 5.52. The average Bonchev–Trinajstić information content (AvgIpc) is 3.38. The third-order valence-corrected chi connectivity index (χ3v) is 4.64. The molecule has 0 saturated heterocycles. The molecule has 3 rings (SSSR count). The molecular weight excluding hydrogens is 280 g/mol. The van der Waals surface area contributed by atoms with Gasteiger partial charge in [-0.25, -0.2) is 0 Å². The number of hydrogen-bond donors (Lipinski definition) is 2. The molecular formula is C21H26N2. The minimum absolute atomic E-state index is 0.0607. The van der Waals surface area contributed by atoms with Gasteiger partial charge in [0.2, 0.25) is 0 Å². The summed E-state index contributed by atoms with van der Waals surface area (Å²) >= 11 is 0. The van der Waals surface area contributed by atoms with Gasteiger partial charge in [0.1, 0.15) is 0 Å². The van der Waals surface area contributed by atoms with Crippen LogP contribution in [-0.4, -0.2) is 0 Å². The normalized spacial score (nSPS) is 15.4. The van der Waals surface area contributed by atoms with Gasteiger partial charge in [-0.05, 0) is 41.9 Å². The Morgan fingerprint density at radius 3 is 2.22 bits per heavy atom. The number of hydrogen-bond acceptors (Lipinski definition) is 2. The fourth-order valence-corrected chi connectivity index (χ4v) is 2.92. The summed E-state index contributed by atoms with van der Waals surface area (Å²) in [5, 5.41) is 3.63. The van der Waals surface area contributed by atoms with Crippen LogP contribution in [0.15, 0.2) is 60.8 Å². The third kappa shape index (κ3) is 3.58. The molecule has 3 N–H and O–H groups in total. The number of anilines is 1. The Hall–Kier alpha value is -2.22. The zero-order valence-electron chi connectivity index (χ0n) is 14.0. The first-order valence-corrected chi connectivity index (χ1v) is 8.46. The second-order valence-electron chi connectivity index (χ2n) is 6.83. The van der Waals surface area contributed by atoms with Crippen LogP contribution in [0.2, 0.25) is 0 Å². The summed E-state index contributed by atoms with van der Waals surface area (Å²) in [6.07, 6.45) is 2.49. The third-order valence-electron chi connectivity index (χ3n) is 4.64. The summed E-state index contributed by atoms with van der Waals surface area (Å²) in [5.74, 6) is 1.16. The van der Waals surface area contributed by atoms with E-state index in [-0.39, 0.29) is 6.04 Å². The van der Waals surface area contributed by atoms with Crippen molar-refractivity contribution >= 4 is 5.69 Å². The van der Waals surface area contributed by atoms with Crippen LogP contribution in [0.4, 0.5) is 5.69 Å². The van der Waals surface area contributed by atoms with E-state index in [2.05, 4.69) is 56.1 Å². The van der Waals surface area contributed by atoms with Crippen molar-refractivity contribution in [2.24, 2.45) is 5.92 Å². The van der Waals surface area contributed by atoms with E-state index < -0.39 is 0 Å². The molecule has 2 aromatic rings. The zero-order chi connectivity index (χ0) is 16.4. The smallest absolute Gasteiger partial charge is 0.0784 e. The van der Waals surface area contributed by atoms with Crippen molar-refractivity contribution in [3.63, 3.8) is 0 Å². The highest BCUT2D eigenvalue weighted by atomic mass is 14.9. The van der Waals surface area contributed by atoms with Gasteiger partial charge in [-0.1, -0.05) is 62.9 Å². The lowest BCUT2D eigenvalue weighted by Crippen LogP contribution is -2.23. The van der Waals surface area contributed by atoms with Crippen LogP contribution >= 0.6 is 0 Å². The van der Waals surface area contributed by atoms with Crippen molar-refractivity contribution < 1.29 is 0 Å². The van der Waals surface area contributed by atoms with Crippen molar-refractivity contribution in [3.8, 4) is 0 Å². The number of rotatable bonds is 6. The Bertz CT molecular complexity index is 681. The molecule has 0 spiro atoms. The summed E-state index contributed by atoms with van der Waals surface area (Å²) in [4.78, 5) is 0. The molecule has 2 aromatic carbocycles. The van der Waals surface area contributed by atoms with E-state index >= 15 is 0 Å². The van der Waals surface area contributed by atoms with E-state index in [4.69, 9.17) is 5.73 Å². The number of nitrogens with two attached hydrogens (primary N) is 1. The lowest BCUT2D eigenvalue weighted by Gasteiger charge is -2.24. The number of nitrogens with one attached hydrogen (secondary N) is 1. The molecule has 2 nitrogen and oxygen atoms in total. The highest BCUT2D eigenvalue weighted by Gasteiger charge is 2.27. The maximum absolute atomic E-state index is 6.23. The number of benzene rings is 2. The first-order chi connectivity index (χ1) is 11.1. The number of allylic oxidation sites excluding steroid dienone is 1. The van der Waals surface area contributed by atoms with Crippen molar-refractivity contribution in [3.05, 3.63) is 77.5 Å². The van der Waals surface area contributed by atoms with Crippen molar-refractivity contribution in [1.82, 2.24) is 5.32 Å². The number of para-hydroxylation sites is 1. The Labute approximate surface area is 139 Å². The van der Waals surface area contributed by atoms with E-state index in [1.807, 2.05) is 18.2 Å². The second-order valence-corrected chi connectivity index (χ2v) is 6.83. The van der Waals surface area contributed by atoms with Crippen molar-refractivity contribution in [2.75, 3.05) is 5.73 Å². The van der Waals surface area contributed by atoms with Crippen LogP contribution in [0.3, 0.4) is 0 Å². The predicted molar refractivity (Wildman–Crippen MR) is 98.2 cm³/mol. The molecule has 1 saturated carbocycles. The molecule has 1 unspecified atom stereocenters. The Kier molecular flexibility index (Phi) is 4.42. The molecule has 0 heterocycles. The molecule has 0 aromatic heterocycles. The predicted octanol–water partition coefficient (Wildman–Crippen LogP) is 4.99. The molecule has 1 fully saturated rings. The lowest BCUT2D eigenvalue weighted by molar-refractivity contribution is 0.657. The van der Waals surface area contributed by atoms with E-state index in [0.29, 0.717) is 11.8 Å². The molecule has 120 valence electrons. The molecule has 23 heavy (non-hydrogen) atoms. The Morgan fingerprint density at radius 2 is 1.65 bits per heavy atom. The van der Waals surface area contributed by atoms with Gasteiger partial charge in [0.15, 0.2) is 0 Å². The standard InChI is InChI=1S/C21H26N2/c1-14(2)16-8-12-18(13-9-16)21(23-15(3)17-10-11-17)19-6-4-5-7-20(19)22/h4-9,12-14,17,21,23H,3,10-11,22H2,1-2H3. The van der Waals surface area contributed by atoms with E-state index in [9.17, 15) is 0 Å². The van der Waals surface area contributed by atoms with Crippen molar-refractivity contribution in [2.45, 2.75) is 38.6 Å². The number of nitrogen functional groups attached to an aromatic ring is 1. The van der Waals surface area contributed by atoms with E-state index in [0.717, 1.165) is 16.9 Å². The molecule has 1 atom stereocenters. The minimum atomic E-state index is 0.0607. The molecule has 1 aliphatic rings. The van der Waals surface area contributed by atoms with Gasteiger partial charge in [0.25, 0.3) is 0 Å². The monoisotopic (exact) mass is 306 g/mol. The molecule has 0 aliphatic heterocycles. The first-order valence-electron chi connectivity index (χ1n) is 8.46. The van der Waals surface area contributed by atoms with Gasteiger partial charge >= 0.3 is 0 Å². The largest absolute Gasteiger partial charge is 0.398 e. The fraction of sp³-hybridized carbons (Fsp3) is 0.333. The first kappa shape index (κ1) is 15.7. The quantitative estimate of drug-likeness (QED) is 0.737. The summed E-state index contributed by atoms with van der Waals surface area (Å²) in [5.41, 5.74) is 11.9. The summed E-state index contributed by atoms with van der Waals surface area (Å²) in [7, 11) is 0. The van der Waals surface area contributed by atoms with Crippen LogP contribution in [-0.2, 0) is 0 Å². The van der Waals surface area contributed by atoms with E-state index in [1.54, 1.807) is 0 Å². The summed E-state index contributed by atoms with van der Waals surface area (Å²) in [6, 6.07) is 17.0. The minimum Gasteiger partial charge on any atom is -0.398 e. The maximum Gasteiger partial charge on any atom is 0.0784 e. The molecule has 2 heteroatoms. The molecule has 0 radical (unpaired) electrons. The van der Waals surface area contributed by atoms with Gasteiger partial charge in [0, 0.05) is 16.9 Å². The second kappa shape index (κ2) is 6.49. The van der Waals surface area contributed by atoms with Gasteiger partial charge in [-0.2, -0.15) is 0 Å². The molecule has 0 bridgehead atoms. The van der Waals surface area contributed by atoms with Crippen LogP contribution in [0.25, 0.3) is 0 Å². The van der Waals surface area contributed by atoms with Gasteiger partial charge in [-0.15, -0.1) is 0 Å². The highest BCUT2D eigenvalue weighted by Crippen LogP contribution is 2.37. The van der Waals surface area contributed by atoms with Crippen LogP contribution in [0.1, 0.15) is 55.3 Å².